The lowest BCUT2D eigenvalue weighted by Gasteiger charge is -2.18. The second-order valence-corrected chi connectivity index (χ2v) is 8.67. The van der Waals surface area contributed by atoms with Gasteiger partial charge < -0.3 is 5.32 Å². The van der Waals surface area contributed by atoms with Crippen LogP contribution in [0.15, 0.2) is 29.0 Å². The van der Waals surface area contributed by atoms with Gasteiger partial charge in [-0.3, -0.25) is 4.68 Å². The Morgan fingerprint density at radius 2 is 2.00 bits per heavy atom. The molecule has 0 aliphatic heterocycles. The third kappa shape index (κ3) is 4.03. The van der Waals surface area contributed by atoms with Crippen molar-refractivity contribution in [3.8, 4) is 0 Å². The fourth-order valence-corrected chi connectivity index (χ4v) is 3.21. The van der Waals surface area contributed by atoms with Gasteiger partial charge in [-0.2, -0.15) is 5.10 Å². The maximum Gasteiger partial charge on any atom is 0.129 e. The number of hydrogen-bond acceptors (Lipinski definition) is 4. The molecule has 1 N–H and O–H groups in total. The topological polar surface area (TPSA) is 60.6 Å². The number of hydrogen-bond donors (Lipinski definition) is 1. The molecule has 0 unspecified atom stereocenters. The normalized spacial score (nSPS) is 12.3. The van der Waals surface area contributed by atoms with Crippen LogP contribution in [0.1, 0.15) is 46.2 Å². The van der Waals surface area contributed by atoms with E-state index < -0.39 is 0 Å². The van der Waals surface area contributed by atoms with Crippen LogP contribution in [0.3, 0.4) is 0 Å². The molecule has 3 aromatic rings. The monoisotopic (exact) mass is 404 g/mol. The van der Waals surface area contributed by atoms with Crippen molar-refractivity contribution < 1.29 is 0 Å². The fraction of sp³-hybridized carbons (Fsp3) is 0.500. The van der Waals surface area contributed by atoms with Gasteiger partial charge in [-0.25, -0.2) is 4.68 Å². The summed E-state index contributed by atoms with van der Waals surface area (Å²) in [6, 6.07) is 4.52. The van der Waals surface area contributed by atoms with E-state index in [0.29, 0.717) is 12.6 Å². The summed E-state index contributed by atoms with van der Waals surface area (Å²) in [5.41, 5.74) is 4.23. The first-order valence-corrected chi connectivity index (χ1v) is 9.32. The summed E-state index contributed by atoms with van der Waals surface area (Å²) in [6.45, 7) is 12.4. The van der Waals surface area contributed by atoms with Crippen molar-refractivity contribution in [2.75, 3.05) is 5.32 Å². The molecule has 7 heteroatoms. The molecule has 2 aromatic heterocycles. The summed E-state index contributed by atoms with van der Waals surface area (Å²) in [4.78, 5) is 0. The largest absolute Gasteiger partial charge is 0.380 e. The van der Waals surface area contributed by atoms with Gasteiger partial charge in [0, 0.05) is 30.9 Å². The van der Waals surface area contributed by atoms with E-state index in [1.54, 1.807) is 0 Å². The molecular weight excluding hydrogens is 380 g/mol. The maximum atomic E-state index is 4.38. The molecule has 2 heterocycles. The van der Waals surface area contributed by atoms with Gasteiger partial charge >= 0.3 is 0 Å². The molecule has 0 aliphatic carbocycles. The minimum Gasteiger partial charge on any atom is -0.380 e. The van der Waals surface area contributed by atoms with Crippen molar-refractivity contribution in [3.05, 3.63) is 34.6 Å². The second-order valence-electron chi connectivity index (χ2n) is 7.88. The molecule has 6 nitrogen and oxygen atoms in total. The Morgan fingerprint density at radius 3 is 2.64 bits per heavy atom. The minimum absolute atomic E-state index is 0.153. The minimum atomic E-state index is 0.153. The van der Waals surface area contributed by atoms with E-state index in [0.717, 1.165) is 33.3 Å². The third-order valence-electron chi connectivity index (χ3n) is 3.92. The standard InChI is InChI=1S/C18H25BrN6/c1-12(2)24-10-13(9-21-24)8-20-14-6-7-15-17(16(14)19)22-23-25(15)11-18(3,4)5/h6-7,9-10,12,20H,8,11H2,1-5H3. The van der Waals surface area contributed by atoms with Gasteiger partial charge in [-0.05, 0) is 47.3 Å². The predicted octanol–water partition coefficient (Wildman–Crippen LogP) is 4.63. The van der Waals surface area contributed by atoms with Crippen LogP contribution in [0.4, 0.5) is 5.69 Å². The smallest absolute Gasteiger partial charge is 0.129 e. The zero-order chi connectivity index (χ0) is 18.2. The van der Waals surface area contributed by atoms with Crippen LogP contribution < -0.4 is 5.32 Å². The zero-order valence-electron chi connectivity index (χ0n) is 15.4. The van der Waals surface area contributed by atoms with Gasteiger partial charge in [0.1, 0.15) is 5.52 Å². The van der Waals surface area contributed by atoms with Gasteiger partial charge in [-0.15, -0.1) is 5.10 Å². The molecule has 0 bridgehead atoms. The van der Waals surface area contributed by atoms with Crippen molar-refractivity contribution >= 4 is 32.7 Å². The van der Waals surface area contributed by atoms with Crippen molar-refractivity contribution in [2.24, 2.45) is 5.41 Å². The van der Waals surface area contributed by atoms with Crippen LogP contribution in [0.25, 0.3) is 11.0 Å². The summed E-state index contributed by atoms with van der Waals surface area (Å²) < 4.78 is 4.88. The molecule has 3 rings (SSSR count). The number of anilines is 1. The number of nitrogens with zero attached hydrogens (tertiary/aromatic N) is 5. The third-order valence-corrected chi connectivity index (χ3v) is 4.72. The van der Waals surface area contributed by atoms with Crippen LogP contribution in [-0.4, -0.2) is 24.8 Å². The molecule has 0 amide bonds. The second kappa shape index (κ2) is 6.78. The van der Waals surface area contributed by atoms with Gasteiger partial charge in [0.15, 0.2) is 0 Å². The lowest BCUT2D eigenvalue weighted by molar-refractivity contribution is 0.327. The van der Waals surface area contributed by atoms with Crippen molar-refractivity contribution in [3.63, 3.8) is 0 Å². The molecular formula is C18H25BrN6. The fourth-order valence-electron chi connectivity index (χ4n) is 2.66. The quantitative estimate of drug-likeness (QED) is 0.673. The first kappa shape index (κ1) is 17.9. The van der Waals surface area contributed by atoms with Gasteiger partial charge in [0.25, 0.3) is 0 Å². The molecule has 0 aliphatic rings. The first-order chi connectivity index (χ1) is 11.7. The van der Waals surface area contributed by atoms with Gasteiger partial charge in [0.2, 0.25) is 0 Å². The first-order valence-electron chi connectivity index (χ1n) is 8.53. The molecule has 1 aromatic carbocycles. The number of halogens is 1. The van der Waals surface area contributed by atoms with Crippen LogP contribution in [0, 0.1) is 5.41 Å². The Kier molecular flexibility index (Phi) is 4.86. The highest BCUT2D eigenvalue weighted by atomic mass is 79.9. The molecule has 0 radical (unpaired) electrons. The summed E-state index contributed by atoms with van der Waals surface area (Å²) in [5, 5.41) is 16.5. The number of aromatic nitrogens is 5. The highest BCUT2D eigenvalue weighted by Crippen LogP contribution is 2.31. The molecule has 0 atom stereocenters. The van der Waals surface area contributed by atoms with Gasteiger partial charge in [-0.1, -0.05) is 26.0 Å². The lowest BCUT2D eigenvalue weighted by atomic mass is 9.97. The Hall–Kier alpha value is -1.89. The van der Waals surface area contributed by atoms with Crippen LogP contribution >= 0.6 is 15.9 Å². The summed E-state index contributed by atoms with van der Waals surface area (Å²) in [5.74, 6) is 0. The van der Waals surface area contributed by atoms with Crippen molar-refractivity contribution in [1.82, 2.24) is 24.8 Å². The lowest BCUT2D eigenvalue weighted by Crippen LogP contribution is -2.16. The van der Waals surface area contributed by atoms with Gasteiger partial charge in [0.05, 0.1) is 21.9 Å². The molecule has 25 heavy (non-hydrogen) atoms. The Labute approximate surface area is 156 Å². The van der Waals surface area contributed by atoms with Crippen LogP contribution in [0.5, 0.6) is 0 Å². The maximum absolute atomic E-state index is 4.38. The number of benzene rings is 1. The molecule has 0 fully saturated rings. The summed E-state index contributed by atoms with van der Waals surface area (Å²) in [7, 11) is 0. The average Bonchev–Trinajstić information content (AvgIpc) is 3.13. The molecule has 0 saturated heterocycles. The van der Waals surface area contributed by atoms with Crippen LogP contribution in [0.2, 0.25) is 0 Å². The van der Waals surface area contributed by atoms with E-state index in [4.69, 9.17) is 0 Å². The number of nitrogens with one attached hydrogen (secondary N) is 1. The van der Waals surface area contributed by atoms with E-state index in [9.17, 15) is 0 Å². The Balaban J connectivity index is 1.79. The van der Waals surface area contributed by atoms with Crippen molar-refractivity contribution in [1.29, 1.82) is 0 Å². The van der Waals surface area contributed by atoms with E-state index >= 15 is 0 Å². The molecule has 0 spiro atoms. The Bertz CT molecular complexity index is 871. The zero-order valence-corrected chi connectivity index (χ0v) is 17.0. The SMILES string of the molecule is CC(C)n1cc(CNc2ccc3c(nnn3CC(C)(C)C)c2Br)cn1. The van der Waals surface area contributed by atoms with Crippen molar-refractivity contribution in [2.45, 2.75) is 53.8 Å². The highest BCUT2D eigenvalue weighted by molar-refractivity contribution is 9.10. The Morgan fingerprint density at radius 1 is 1.24 bits per heavy atom. The summed E-state index contributed by atoms with van der Waals surface area (Å²) >= 11 is 3.68. The van der Waals surface area contributed by atoms with E-state index in [-0.39, 0.29) is 5.41 Å². The number of rotatable bonds is 5. The van der Waals surface area contributed by atoms with Crippen LogP contribution in [-0.2, 0) is 13.1 Å². The molecule has 134 valence electrons. The average molecular weight is 405 g/mol. The van der Waals surface area contributed by atoms with E-state index in [1.165, 1.54) is 0 Å². The van der Waals surface area contributed by atoms with E-state index in [1.807, 2.05) is 15.6 Å². The van der Waals surface area contributed by atoms with E-state index in [2.05, 4.69) is 89.6 Å². The predicted molar refractivity (Wildman–Crippen MR) is 105 cm³/mol. The highest BCUT2D eigenvalue weighted by Gasteiger charge is 2.17. The molecule has 0 saturated carbocycles. The number of fused-ring (bicyclic) bond motifs is 1. The summed E-state index contributed by atoms with van der Waals surface area (Å²) in [6.07, 6.45) is 3.97.